The van der Waals surface area contributed by atoms with Crippen molar-refractivity contribution in [2.24, 2.45) is 0 Å². The largest absolute Gasteiger partial charge is 0.464 e. The third-order valence-electron chi connectivity index (χ3n) is 3.46. The number of nitrogens with one attached hydrogen (secondary N) is 1. The third-order valence-corrected chi connectivity index (χ3v) is 4.58. The Balaban J connectivity index is 2.10. The van der Waals surface area contributed by atoms with E-state index < -0.39 is 5.97 Å². The Morgan fingerprint density at radius 1 is 1.52 bits per heavy atom. The normalized spacial score (nSPS) is 22.2. The molecule has 0 aromatic rings. The summed E-state index contributed by atoms with van der Waals surface area (Å²) < 4.78 is 4.79. The Morgan fingerprint density at radius 3 is 2.81 bits per heavy atom. The summed E-state index contributed by atoms with van der Waals surface area (Å²) in [5.41, 5.74) is 1.10. The Morgan fingerprint density at radius 2 is 2.24 bits per heavy atom. The van der Waals surface area contributed by atoms with Gasteiger partial charge in [-0.2, -0.15) is 0 Å². The van der Waals surface area contributed by atoms with Crippen molar-refractivity contribution in [3.8, 4) is 0 Å². The first kappa shape index (κ1) is 15.6. The molecule has 1 N–H and O–H groups in total. The van der Waals surface area contributed by atoms with Crippen molar-refractivity contribution < 1.29 is 19.1 Å². The number of rotatable bonds is 5. The fraction of sp³-hybridized carbons (Fsp3) is 0.500. The smallest absolute Gasteiger partial charge is 0.355 e. The Labute approximate surface area is 127 Å². The lowest BCUT2D eigenvalue weighted by atomic mass is 9.94. The van der Waals surface area contributed by atoms with Gasteiger partial charge in [0, 0.05) is 36.1 Å². The molecule has 2 heterocycles. The molecule has 2 aliphatic rings. The number of esters is 1. The molecule has 2 amide bonds. The Hall–Kier alpha value is -1.76. The molecule has 1 saturated heterocycles. The van der Waals surface area contributed by atoms with Gasteiger partial charge in [0.25, 0.3) is 5.91 Å². The summed E-state index contributed by atoms with van der Waals surface area (Å²) in [6, 6.07) is -0.0418. The molecule has 0 bridgehead atoms. The number of allylic oxidation sites excluding steroid dienone is 1. The van der Waals surface area contributed by atoms with Crippen molar-refractivity contribution in [2.45, 2.75) is 26.3 Å². The van der Waals surface area contributed by atoms with Crippen molar-refractivity contribution in [3.05, 3.63) is 22.3 Å². The molecule has 1 atom stereocenters. The van der Waals surface area contributed by atoms with Crippen LogP contribution in [0.2, 0.25) is 0 Å². The van der Waals surface area contributed by atoms with Gasteiger partial charge in [-0.1, -0.05) is 6.08 Å². The van der Waals surface area contributed by atoms with Crippen molar-refractivity contribution in [2.75, 3.05) is 19.4 Å². The molecule has 1 fully saturated rings. The molecular weight excluding hydrogens is 292 g/mol. The SMILES string of the molecule is CC=C1C(=O)N2C(C(=O)OC)=C(SCCNC(C)=O)C[C@H]12. The van der Waals surface area contributed by atoms with Crippen LogP contribution in [-0.2, 0) is 19.1 Å². The molecule has 6 nitrogen and oxygen atoms in total. The zero-order valence-corrected chi connectivity index (χ0v) is 13.1. The Kier molecular flexibility index (Phi) is 4.72. The highest BCUT2D eigenvalue weighted by Crippen LogP contribution is 2.45. The van der Waals surface area contributed by atoms with Gasteiger partial charge < -0.3 is 10.1 Å². The second-order valence-electron chi connectivity index (χ2n) is 4.73. The zero-order chi connectivity index (χ0) is 15.6. The fourth-order valence-corrected chi connectivity index (χ4v) is 3.56. The maximum absolute atomic E-state index is 12.0. The molecule has 114 valence electrons. The van der Waals surface area contributed by atoms with E-state index in [1.807, 2.05) is 6.92 Å². The average molecular weight is 310 g/mol. The minimum Gasteiger partial charge on any atom is -0.464 e. The van der Waals surface area contributed by atoms with E-state index in [1.54, 1.807) is 6.08 Å². The number of ether oxygens (including phenoxy) is 1. The van der Waals surface area contributed by atoms with Crippen molar-refractivity contribution in [3.63, 3.8) is 0 Å². The fourth-order valence-electron chi connectivity index (χ4n) is 2.51. The molecule has 2 aliphatic heterocycles. The van der Waals surface area contributed by atoms with Gasteiger partial charge in [-0.3, -0.25) is 14.5 Å². The molecule has 0 saturated carbocycles. The molecule has 0 aromatic heterocycles. The molecule has 7 heteroatoms. The van der Waals surface area contributed by atoms with Gasteiger partial charge in [0.05, 0.1) is 13.2 Å². The number of methoxy groups -OCH3 is 1. The predicted molar refractivity (Wildman–Crippen MR) is 79.2 cm³/mol. The lowest BCUT2D eigenvalue weighted by molar-refractivity contribution is -0.144. The number of hydrogen-bond acceptors (Lipinski definition) is 5. The van der Waals surface area contributed by atoms with E-state index in [0.717, 1.165) is 10.5 Å². The highest BCUT2D eigenvalue weighted by atomic mass is 32.2. The van der Waals surface area contributed by atoms with E-state index in [1.165, 1.54) is 30.7 Å². The summed E-state index contributed by atoms with van der Waals surface area (Å²) in [7, 11) is 1.31. The van der Waals surface area contributed by atoms with E-state index in [9.17, 15) is 14.4 Å². The van der Waals surface area contributed by atoms with Crippen molar-refractivity contribution in [1.82, 2.24) is 10.2 Å². The van der Waals surface area contributed by atoms with Crippen molar-refractivity contribution >= 4 is 29.5 Å². The van der Waals surface area contributed by atoms with Crippen LogP contribution < -0.4 is 5.32 Å². The van der Waals surface area contributed by atoms with Gasteiger partial charge in [0.1, 0.15) is 5.70 Å². The number of carbonyl (C=O) groups excluding carboxylic acids is 3. The monoisotopic (exact) mass is 310 g/mol. The summed E-state index contributed by atoms with van der Waals surface area (Å²) in [5, 5.41) is 2.70. The topological polar surface area (TPSA) is 75.7 Å². The van der Waals surface area contributed by atoms with Crippen LogP contribution in [0.15, 0.2) is 22.3 Å². The number of hydrogen-bond donors (Lipinski definition) is 1. The summed E-state index contributed by atoms with van der Waals surface area (Å²) >= 11 is 1.48. The lowest BCUT2D eigenvalue weighted by Crippen LogP contribution is -2.52. The van der Waals surface area contributed by atoms with E-state index >= 15 is 0 Å². The van der Waals surface area contributed by atoms with Crippen LogP contribution in [0.3, 0.4) is 0 Å². The highest BCUT2D eigenvalue weighted by molar-refractivity contribution is 8.03. The molecule has 0 radical (unpaired) electrons. The van der Waals surface area contributed by atoms with Gasteiger partial charge >= 0.3 is 5.97 Å². The Bertz CT molecular complexity index is 553. The van der Waals surface area contributed by atoms with E-state index in [4.69, 9.17) is 4.74 Å². The zero-order valence-electron chi connectivity index (χ0n) is 12.3. The molecule has 21 heavy (non-hydrogen) atoms. The minimum atomic E-state index is -0.483. The van der Waals surface area contributed by atoms with Gasteiger partial charge in [-0.05, 0) is 6.92 Å². The highest BCUT2D eigenvalue weighted by Gasteiger charge is 2.51. The van der Waals surface area contributed by atoms with Crippen LogP contribution in [-0.4, -0.2) is 48.1 Å². The van der Waals surface area contributed by atoms with Crippen LogP contribution in [0.4, 0.5) is 0 Å². The van der Waals surface area contributed by atoms with Crippen molar-refractivity contribution in [1.29, 1.82) is 0 Å². The standard InChI is InChI=1S/C14H18N2O4S/c1-4-9-10-7-11(21-6-5-15-8(2)17)12(14(19)20-3)16(10)13(9)18/h4,10H,5-7H2,1-3H3,(H,15,17)/t10-/m1/s1. The molecule has 0 aliphatic carbocycles. The first-order valence-corrected chi connectivity index (χ1v) is 7.68. The first-order chi connectivity index (χ1) is 10.0. The summed E-state index contributed by atoms with van der Waals surface area (Å²) in [6.07, 6.45) is 2.43. The van der Waals surface area contributed by atoms with Gasteiger partial charge in [-0.25, -0.2) is 4.79 Å². The average Bonchev–Trinajstić information content (AvgIpc) is 2.78. The second kappa shape index (κ2) is 6.34. The number of nitrogens with zero attached hydrogens (tertiary/aromatic N) is 1. The number of amides is 2. The van der Waals surface area contributed by atoms with Crippen LogP contribution in [0.25, 0.3) is 0 Å². The predicted octanol–water partition coefficient (Wildman–Crippen LogP) is 0.801. The van der Waals surface area contributed by atoms with E-state index in [2.05, 4.69) is 5.32 Å². The number of carbonyl (C=O) groups is 3. The van der Waals surface area contributed by atoms with Gasteiger partial charge in [0.15, 0.2) is 0 Å². The summed E-state index contributed by atoms with van der Waals surface area (Å²) in [5.74, 6) is -0.0437. The third kappa shape index (κ3) is 2.83. The quantitative estimate of drug-likeness (QED) is 0.352. The number of β-lactam (4-membered cyclic amide) rings is 1. The number of fused-ring (bicyclic) bond motifs is 1. The second-order valence-corrected chi connectivity index (χ2v) is 5.92. The minimum absolute atomic E-state index is 0.0418. The maximum atomic E-state index is 12.0. The van der Waals surface area contributed by atoms with E-state index in [-0.39, 0.29) is 17.9 Å². The molecule has 0 aromatic carbocycles. The van der Waals surface area contributed by atoms with Crippen LogP contribution >= 0.6 is 11.8 Å². The first-order valence-electron chi connectivity index (χ1n) is 6.69. The van der Waals surface area contributed by atoms with Crippen LogP contribution in [0.5, 0.6) is 0 Å². The maximum Gasteiger partial charge on any atom is 0.355 e. The van der Waals surface area contributed by atoms with Gasteiger partial charge in [-0.15, -0.1) is 11.8 Å². The summed E-state index contributed by atoms with van der Waals surface area (Å²) in [6.45, 7) is 3.81. The van der Waals surface area contributed by atoms with Crippen LogP contribution in [0, 0.1) is 0 Å². The van der Waals surface area contributed by atoms with E-state index in [0.29, 0.717) is 24.4 Å². The molecule has 2 rings (SSSR count). The lowest BCUT2D eigenvalue weighted by Gasteiger charge is -2.38. The number of thioether (sulfide) groups is 1. The molecular formula is C14H18N2O4S. The molecule has 0 spiro atoms. The molecule has 0 unspecified atom stereocenters. The summed E-state index contributed by atoms with van der Waals surface area (Å²) in [4.78, 5) is 37.1. The van der Waals surface area contributed by atoms with Gasteiger partial charge in [0.2, 0.25) is 5.91 Å². The van der Waals surface area contributed by atoms with Crippen LogP contribution in [0.1, 0.15) is 20.3 Å².